The minimum absolute atomic E-state index is 0.251. The Morgan fingerprint density at radius 2 is 1.28 bits per heavy atom. The Bertz CT molecular complexity index is 562. The number of nitrogens with zero attached hydrogens (tertiary/aromatic N) is 1. The molecule has 0 aliphatic rings. The van der Waals surface area contributed by atoms with Crippen LogP contribution in [-0.2, 0) is 26.5 Å². The molecule has 3 radical (unpaired) electrons. The van der Waals surface area contributed by atoms with E-state index in [-0.39, 0.29) is 6.10 Å². The Hall–Kier alpha value is -0.753. The van der Waals surface area contributed by atoms with Crippen molar-refractivity contribution in [1.29, 1.82) is 0 Å². The maximum absolute atomic E-state index is 5.88. The highest BCUT2D eigenvalue weighted by Crippen LogP contribution is 2.31. The summed E-state index contributed by atoms with van der Waals surface area (Å²) in [6.07, 6.45) is 21.1. The lowest BCUT2D eigenvalue weighted by Crippen LogP contribution is -2.53. The van der Waals surface area contributed by atoms with Gasteiger partial charge in [0.05, 0.1) is 0 Å². The third-order valence-corrected chi connectivity index (χ3v) is 6.92. The van der Waals surface area contributed by atoms with Crippen molar-refractivity contribution in [1.82, 2.24) is 0 Å². The van der Waals surface area contributed by atoms with E-state index in [4.69, 9.17) is 14.2 Å². The minimum Gasteiger partial charge on any atom is -0.375 e. The molecule has 0 fully saturated rings. The van der Waals surface area contributed by atoms with Crippen molar-refractivity contribution in [3.63, 3.8) is 0 Å². The summed E-state index contributed by atoms with van der Waals surface area (Å²) in [5.41, 5.74) is 0.991. The highest BCUT2D eigenvalue weighted by atomic mass is 28.1. The number of ether oxygens (including phenoxy) is 3. The molecule has 0 saturated carbocycles. The summed E-state index contributed by atoms with van der Waals surface area (Å²) >= 11 is 0. The molecular weight excluding hydrogens is 414 g/mol. The lowest BCUT2D eigenvalue weighted by Gasteiger charge is -2.34. The van der Waals surface area contributed by atoms with Crippen LogP contribution in [-0.4, -0.2) is 37.7 Å². The standard InChI is InChI=1S/C27H49NO3Si/c1-5-6-7-8-9-10-11-12-13-14-15-16-17-19-22-28-23-20-18-21-25(28)27(30-3,31-4)26(24-32)29-2/h18,20-21,23,26H,5-17,19,22,24H2,1-4H3/q+1. The van der Waals surface area contributed by atoms with Crippen molar-refractivity contribution in [2.75, 3.05) is 21.3 Å². The molecule has 0 spiro atoms. The van der Waals surface area contributed by atoms with Gasteiger partial charge in [-0.1, -0.05) is 84.0 Å². The second-order valence-corrected chi connectivity index (χ2v) is 9.29. The van der Waals surface area contributed by atoms with E-state index in [1.807, 2.05) is 6.07 Å². The molecule has 1 aromatic rings. The molecule has 0 amide bonds. The molecule has 0 aliphatic heterocycles. The molecule has 1 atom stereocenters. The van der Waals surface area contributed by atoms with Gasteiger partial charge in [-0.15, -0.1) is 0 Å². The summed E-state index contributed by atoms with van der Waals surface area (Å²) in [4.78, 5) is 0. The summed E-state index contributed by atoms with van der Waals surface area (Å²) < 4.78 is 19.7. The average molecular weight is 464 g/mol. The first-order chi connectivity index (χ1) is 15.7. The zero-order chi connectivity index (χ0) is 23.5. The van der Waals surface area contributed by atoms with Gasteiger partial charge in [0, 0.05) is 50.1 Å². The fourth-order valence-electron chi connectivity index (χ4n) is 4.56. The van der Waals surface area contributed by atoms with Gasteiger partial charge in [-0.05, 0) is 18.5 Å². The van der Waals surface area contributed by atoms with E-state index in [2.05, 4.69) is 40.1 Å². The maximum atomic E-state index is 5.88. The predicted molar refractivity (Wildman–Crippen MR) is 134 cm³/mol. The van der Waals surface area contributed by atoms with Crippen LogP contribution in [0.2, 0.25) is 6.04 Å². The molecule has 0 saturated heterocycles. The molecule has 4 nitrogen and oxygen atoms in total. The minimum atomic E-state index is -0.937. The van der Waals surface area contributed by atoms with Gasteiger partial charge in [0.15, 0.2) is 6.20 Å². The second-order valence-electron chi connectivity index (χ2n) is 8.88. The van der Waals surface area contributed by atoms with E-state index >= 15 is 0 Å². The van der Waals surface area contributed by atoms with Crippen LogP contribution in [0.15, 0.2) is 24.4 Å². The van der Waals surface area contributed by atoms with Gasteiger partial charge in [-0.25, -0.2) is 0 Å². The van der Waals surface area contributed by atoms with E-state index in [1.165, 1.54) is 83.5 Å². The average Bonchev–Trinajstić information content (AvgIpc) is 2.83. The van der Waals surface area contributed by atoms with Gasteiger partial charge >= 0.3 is 0 Å². The molecular formula is C27H49NO3Si+. The number of unbranched alkanes of at least 4 members (excludes halogenated alkanes) is 13. The fourth-order valence-corrected chi connectivity index (χ4v) is 4.99. The molecule has 0 bridgehead atoms. The van der Waals surface area contributed by atoms with Crippen molar-refractivity contribution in [3.8, 4) is 0 Å². The number of aryl methyl sites for hydroxylation is 1. The molecule has 32 heavy (non-hydrogen) atoms. The number of rotatable bonds is 21. The van der Waals surface area contributed by atoms with Gasteiger partial charge in [-0.3, -0.25) is 0 Å². The van der Waals surface area contributed by atoms with E-state index in [9.17, 15) is 0 Å². The number of hydrogen-bond acceptors (Lipinski definition) is 3. The SMILES string of the molecule is CCCCCCCCCCCCCCCC[n+]1ccccc1C(OC)(OC)C(C[Si])OC. The highest BCUT2D eigenvalue weighted by molar-refractivity contribution is 6.08. The Morgan fingerprint density at radius 1 is 0.781 bits per heavy atom. The van der Waals surface area contributed by atoms with E-state index < -0.39 is 5.79 Å². The molecule has 0 aliphatic carbocycles. The molecule has 1 rings (SSSR count). The fraction of sp³-hybridized carbons (Fsp3) is 0.815. The maximum Gasteiger partial charge on any atom is 0.282 e. The molecule has 183 valence electrons. The molecule has 5 heteroatoms. The number of aromatic nitrogens is 1. The molecule has 1 heterocycles. The van der Waals surface area contributed by atoms with Crippen LogP contribution >= 0.6 is 0 Å². The lowest BCUT2D eigenvalue weighted by molar-refractivity contribution is -0.716. The normalized spacial score (nSPS) is 12.9. The van der Waals surface area contributed by atoms with Gasteiger partial charge in [0.2, 0.25) is 5.69 Å². The Morgan fingerprint density at radius 3 is 1.72 bits per heavy atom. The van der Waals surface area contributed by atoms with Crippen LogP contribution in [0.1, 0.15) is 103 Å². The summed E-state index contributed by atoms with van der Waals surface area (Å²) in [7, 11) is 8.65. The molecule has 0 aromatic carbocycles. The van der Waals surface area contributed by atoms with Crippen molar-refractivity contribution in [2.45, 2.75) is 121 Å². The van der Waals surface area contributed by atoms with Gasteiger partial charge in [0.1, 0.15) is 12.6 Å². The zero-order valence-electron chi connectivity index (χ0n) is 21.4. The summed E-state index contributed by atoms with van der Waals surface area (Å²) in [6, 6.07) is 6.79. The summed E-state index contributed by atoms with van der Waals surface area (Å²) in [5.74, 6) is -0.937. The van der Waals surface area contributed by atoms with Gasteiger partial charge in [-0.2, -0.15) is 4.57 Å². The Balaban J connectivity index is 2.31. The third-order valence-electron chi connectivity index (χ3n) is 6.55. The smallest absolute Gasteiger partial charge is 0.282 e. The number of methoxy groups -OCH3 is 3. The first-order valence-corrected chi connectivity index (χ1v) is 13.7. The zero-order valence-corrected chi connectivity index (χ0v) is 22.4. The predicted octanol–water partition coefficient (Wildman–Crippen LogP) is 6.50. The third kappa shape index (κ3) is 10.0. The first-order valence-electron chi connectivity index (χ1n) is 13.0. The monoisotopic (exact) mass is 463 g/mol. The first kappa shape index (κ1) is 29.3. The number of pyridine rings is 1. The second kappa shape index (κ2) is 18.6. The van der Waals surface area contributed by atoms with E-state index in [0.717, 1.165) is 18.7 Å². The Kier molecular flexibility index (Phi) is 17.1. The topological polar surface area (TPSA) is 31.6 Å². The quantitative estimate of drug-likeness (QED) is 0.0902. The van der Waals surface area contributed by atoms with Crippen molar-refractivity contribution in [2.24, 2.45) is 0 Å². The van der Waals surface area contributed by atoms with E-state index in [1.54, 1.807) is 21.3 Å². The number of hydrogen-bond donors (Lipinski definition) is 0. The van der Waals surface area contributed by atoms with Crippen LogP contribution < -0.4 is 4.57 Å². The van der Waals surface area contributed by atoms with Crippen LogP contribution in [0.4, 0.5) is 0 Å². The summed E-state index contributed by atoms with van der Waals surface area (Å²) in [6.45, 7) is 3.24. The molecule has 1 unspecified atom stereocenters. The van der Waals surface area contributed by atoms with Crippen molar-refractivity contribution >= 4 is 10.2 Å². The Labute approximate surface area is 201 Å². The van der Waals surface area contributed by atoms with Gasteiger partial charge in [0.25, 0.3) is 5.79 Å². The summed E-state index contributed by atoms with van der Waals surface area (Å²) in [5, 5.41) is 0. The van der Waals surface area contributed by atoms with Crippen molar-refractivity contribution in [3.05, 3.63) is 30.1 Å². The van der Waals surface area contributed by atoms with Crippen LogP contribution in [0.25, 0.3) is 0 Å². The molecule has 1 aromatic heterocycles. The van der Waals surface area contributed by atoms with Crippen LogP contribution in [0.5, 0.6) is 0 Å². The van der Waals surface area contributed by atoms with Gasteiger partial charge < -0.3 is 14.2 Å². The largest absolute Gasteiger partial charge is 0.375 e. The van der Waals surface area contributed by atoms with E-state index in [0.29, 0.717) is 6.04 Å². The van der Waals surface area contributed by atoms with Crippen LogP contribution in [0, 0.1) is 0 Å². The van der Waals surface area contributed by atoms with Crippen LogP contribution in [0.3, 0.4) is 0 Å². The molecule has 0 N–H and O–H groups in total. The lowest BCUT2D eigenvalue weighted by atomic mass is 10.0. The highest BCUT2D eigenvalue weighted by Gasteiger charge is 2.47. The van der Waals surface area contributed by atoms with Crippen molar-refractivity contribution < 1.29 is 18.8 Å².